The maximum absolute atomic E-state index is 16.0. The predicted molar refractivity (Wildman–Crippen MR) is 256 cm³/mol. The number of benzene rings is 5. The lowest BCUT2D eigenvalue weighted by Crippen LogP contribution is -2.53. The van der Waals surface area contributed by atoms with E-state index in [1.807, 2.05) is 75.4 Å². The number of sulfonamides is 2. The second-order valence-corrected chi connectivity index (χ2v) is 22.5. The standard InChI is InChI=1S/C48H53N7O9S3/c1-48(2,3)64-47(56)53-30-40(31-53)65-43-26-25-42(35-13-15-36(16-14-35)51-66(57,58)41-23-24-41)44(46-49-52-55(50-46)29-34-11-21-39(63-6)22-12-34)45(43)67(59,60)54(27-32-7-17-37(61-4)18-8-32)28-33-9-19-38(62-5)20-10-33/h7-22,25-26,40-41,51H,23-24,27-31H2,1-6H3. The van der Waals surface area contributed by atoms with Crippen LogP contribution in [0.1, 0.15) is 50.3 Å². The van der Waals surface area contributed by atoms with Gasteiger partial charge in [-0.05, 0) is 121 Å². The molecule has 1 aliphatic heterocycles. The summed E-state index contributed by atoms with van der Waals surface area (Å²) >= 11 is 1.35. The van der Waals surface area contributed by atoms with Gasteiger partial charge in [-0.2, -0.15) is 9.10 Å². The van der Waals surface area contributed by atoms with Gasteiger partial charge in [-0.1, -0.05) is 54.6 Å². The van der Waals surface area contributed by atoms with Crippen LogP contribution in [0.2, 0.25) is 0 Å². The van der Waals surface area contributed by atoms with E-state index in [-0.39, 0.29) is 41.2 Å². The van der Waals surface area contributed by atoms with Crippen LogP contribution in [0.5, 0.6) is 17.2 Å². The number of rotatable bonds is 18. The van der Waals surface area contributed by atoms with Gasteiger partial charge in [-0.3, -0.25) is 4.72 Å². The number of hydrogen-bond donors (Lipinski definition) is 1. The Balaban J connectivity index is 1.28. The van der Waals surface area contributed by atoms with Crippen molar-refractivity contribution >= 4 is 43.6 Å². The lowest BCUT2D eigenvalue weighted by molar-refractivity contribution is 0.0143. The lowest BCUT2D eigenvalue weighted by atomic mass is 9.99. The van der Waals surface area contributed by atoms with Gasteiger partial charge in [0.1, 0.15) is 27.7 Å². The normalized spacial score (nSPS) is 14.4. The molecule has 1 saturated carbocycles. The highest BCUT2D eigenvalue weighted by Gasteiger charge is 2.39. The quantitative estimate of drug-likeness (QED) is 0.0873. The van der Waals surface area contributed by atoms with Crippen LogP contribution in [-0.2, 0) is 44.4 Å². The maximum Gasteiger partial charge on any atom is 0.410 e. The van der Waals surface area contributed by atoms with E-state index in [9.17, 15) is 13.2 Å². The third-order valence-electron chi connectivity index (χ3n) is 11.1. The summed E-state index contributed by atoms with van der Waals surface area (Å²) in [6.45, 7) is 6.26. The molecule has 0 unspecified atom stereocenters. The molecule has 8 rings (SSSR count). The van der Waals surface area contributed by atoms with E-state index in [1.54, 1.807) is 80.8 Å². The summed E-state index contributed by atoms with van der Waals surface area (Å²) in [5, 5.41) is 13.2. The van der Waals surface area contributed by atoms with Crippen LogP contribution >= 0.6 is 11.8 Å². The van der Waals surface area contributed by atoms with Crippen LogP contribution in [0.4, 0.5) is 10.5 Å². The highest BCUT2D eigenvalue weighted by molar-refractivity contribution is 8.00. The van der Waals surface area contributed by atoms with E-state index in [0.717, 1.165) is 5.56 Å². The van der Waals surface area contributed by atoms with Gasteiger partial charge in [0, 0.05) is 42.0 Å². The number of tetrazole rings is 1. The van der Waals surface area contributed by atoms with Gasteiger partial charge in [-0.25, -0.2) is 21.6 Å². The summed E-state index contributed by atoms with van der Waals surface area (Å²) in [4.78, 5) is 16.4. The number of methoxy groups -OCH3 is 3. The van der Waals surface area contributed by atoms with Crippen molar-refractivity contribution < 1.29 is 40.6 Å². The molecule has 2 fully saturated rings. The molecule has 0 bridgehead atoms. The largest absolute Gasteiger partial charge is 0.497 e. The van der Waals surface area contributed by atoms with Crippen LogP contribution in [0.25, 0.3) is 22.5 Å². The van der Waals surface area contributed by atoms with Gasteiger partial charge in [-0.15, -0.1) is 22.0 Å². The van der Waals surface area contributed by atoms with Gasteiger partial charge in [0.15, 0.2) is 0 Å². The topological polar surface area (TPSA) is 184 Å². The van der Waals surface area contributed by atoms with Crippen molar-refractivity contribution in [3.05, 3.63) is 126 Å². The van der Waals surface area contributed by atoms with Crippen LogP contribution in [0, 0.1) is 0 Å². The molecule has 0 spiro atoms. The van der Waals surface area contributed by atoms with E-state index >= 15 is 8.42 Å². The second-order valence-electron chi connectivity index (χ2n) is 17.3. The van der Waals surface area contributed by atoms with Gasteiger partial charge < -0.3 is 23.8 Å². The number of carbonyl (C=O) groups excluding carboxylic acids is 1. The molecule has 0 radical (unpaired) electrons. The Kier molecular flexibility index (Phi) is 13.8. The molecule has 1 aromatic heterocycles. The molecule has 1 N–H and O–H groups in total. The van der Waals surface area contributed by atoms with Crippen molar-refractivity contribution in [2.75, 3.05) is 39.1 Å². The molecule has 6 aromatic rings. The molecule has 352 valence electrons. The molecule has 19 heteroatoms. The first-order valence-corrected chi connectivity index (χ1v) is 25.5. The smallest absolute Gasteiger partial charge is 0.410 e. The minimum Gasteiger partial charge on any atom is -0.497 e. The summed E-state index contributed by atoms with van der Waals surface area (Å²) < 4.78 is 83.8. The van der Waals surface area contributed by atoms with E-state index < -0.39 is 37.0 Å². The number of nitrogens with one attached hydrogen (secondary N) is 1. The Morgan fingerprint density at radius 2 is 1.28 bits per heavy atom. The third-order valence-corrected chi connectivity index (χ3v) is 16.2. The molecule has 1 amide bonds. The fourth-order valence-corrected chi connectivity index (χ4v) is 12.2. The number of thioether (sulfide) groups is 1. The van der Waals surface area contributed by atoms with E-state index in [2.05, 4.69) is 15.0 Å². The van der Waals surface area contributed by atoms with Crippen molar-refractivity contribution in [2.24, 2.45) is 0 Å². The maximum atomic E-state index is 16.0. The number of nitrogens with zero attached hydrogens (tertiary/aromatic N) is 6. The molecule has 5 aromatic carbocycles. The molecule has 1 saturated heterocycles. The van der Waals surface area contributed by atoms with E-state index in [1.165, 1.54) is 20.9 Å². The van der Waals surface area contributed by atoms with Gasteiger partial charge >= 0.3 is 6.09 Å². The molecule has 0 atom stereocenters. The third kappa shape index (κ3) is 11.3. The zero-order valence-electron chi connectivity index (χ0n) is 38.1. The van der Waals surface area contributed by atoms with Crippen LogP contribution in [-0.4, -0.2) is 103 Å². The SMILES string of the molecule is COc1ccc(CN(Cc2ccc(OC)cc2)S(=O)(=O)c2c(SC3CN(C(=O)OC(C)(C)C)C3)ccc(-c3ccc(NS(=O)(=O)C4CC4)cc3)c2-c2nnn(Cc3ccc(OC)cc3)n2)cc1. The monoisotopic (exact) mass is 967 g/mol. The summed E-state index contributed by atoms with van der Waals surface area (Å²) in [6, 6.07) is 32.3. The summed E-state index contributed by atoms with van der Waals surface area (Å²) in [5.74, 6) is 1.99. The fourth-order valence-electron chi connectivity index (χ4n) is 7.42. The molecule has 67 heavy (non-hydrogen) atoms. The number of ether oxygens (including phenoxy) is 4. The molecule has 16 nitrogen and oxygen atoms in total. The number of likely N-dealkylation sites (tertiary alicyclic amines) is 1. The van der Waals surface area contributed by atoms with Crippen molar-refractivity contribution in [2.45, 2.75) is 79.1 Å². The van der Waals surface area contributed by atoms with Crippen molar-refractivity contribution in [1.82, 2.24) is 29.4 Å². The lowest BCUT2D eigenvalue weighted by Gasteiger charge is -2.39. The Labute approximate surface area is 395 Å². The summed E-state index contributed by atoms with van der Waals surface area (Å²) in [7, 11) is -3.34. The minimum absolute atomic E-state index is 0.0184. The average Bonchev–Trinajstić information content (AvgIpc) is 4.07. The van der Waals surface area contributed by atoms with E-state index in [0.29, 0.717) is 76.0 Å². The Hall–Kier alpha value is -6.15. The molecular formula is C48H53N7O9S3. The van der Waals surface area contributed by atoms with Crippen LogP contribution in [0.3, 0.4) is 0 Å². The summed E-state index contributed by atoms with van der Waals surface area (Å²) in [6.07, 6.45) is 0.774. The number of amides is 1. The fraction of sp³-hybridized carbons (Fsp3) is 0.333. The van der Waals surface area contributed by atoms with Gasteiger partial charge in [0.2, 0.25) is 25.9 Å². The van der Waals surface area contributed by atoms with Crippen LogP contribution in [0.15, 0.2) is 119 Å². The Morgan fingerprint density at radius 1 is 0.746 bits per heavy atom. The van der Waals surface area contributed by atoms with Gasteiger partial charge in [0.05, 0.1) is 38.7 Å². The first kappa shape index (κ1) is 47.3. The second kappa shape index (κ2) is 19.6. The molecule has 2 aliphatic rings. The number of anilines is 1. The zero-order chi connectivity index (χ0) is 47.5. The first-order valence-electron chi connectivity index (χ1n) is 21.6. The first-order chi connectivity index (χ1) is 32.0. The Morgan fingerprint density at radius 3 is 1.79 bits per heavy atom. The summed E-state index contributed by atoms with van der Waals surface area (Å²) in [5.41, 5.74) is 3.24. The van der Waals surface area contributed by atoms with Crippen LogP contribution < -0.4 is 18.9 Å². The highest BCUT2D eigenvalue weighted by atomic mass is 32.2. The van der Waals surface area contributed by atoms with E-state index in [4.69, 9.17) is 24.0 Å². The van der Waals surface area contributed by atoms with Crippen molar-refractivity contribution in [3.8, 4) is 39.8 Å². The average molecular weight is 968 g/mol. The van der Waals surface area contributed by atoms with Crippen molar-refractivity contribution in [3.63, 3.8) is 0 Å². The van der Waals surface area contributed by atoms with Crippen molar-refractivity contribution in [1.29, 1.82) is 0 Å². The number of hydrogen-bond acceptors (Lipinski definition) is 13. The highest BCUT2D eigenvalue weighted by Crippen LogP contribution is 2.45. The number of carbonyl (C=O) groups is 1. The predicted octanol–water partition coefficient (Wildman–Crippen LogP) is 8.09. The molecule has 1 aliphatic carbocycles. The minimum atomic E-state index is -4.52. The Bertz CT molecular complexity index is 2870. The zero-order valence-corrected chi connectivity index (χ0v) is 40.5. The number of aromatic nitrogens is 4. The van der Waals surface area contributed by atoms with Gasteiger partial charge in [0.25, 0.3) is 0 Å². The molecule has 2 heterocycles. The molecular weight excluding hydrogens is 915 g/mol.